The topological polar surface area (TPSA) is 38.7 Å². The van der Waals surface area contributed by atoms with Gasteiger partial charge in [-0.15, -0.1) is 0 Å². The fourth-order valence-corrected chi connectivity index (χ4v) is 2.22. The highest BCUT2D eigenvalue weighted by Gasteiger charge is 2.10. The maximum atomic E-state index is 13.5. The van der Waals surface area contributed by atoms with Crippen molar-refractivity contribution in [3.8, 4) is 17.2 Å². The Labute approximate surface area is 122 Å². The molecule has 108 valence electrons. The van der Waals surface area contributed by atoms with Crippen LogP contribution in [-0.2, 0) is 0 Å². The molecule has 0 aromatic heterocycles. The number of hydrogen-bond acceptors (Lipinski definition) is 3. The third-order valence-corrected chi connectivity index (χ3v) is 3.31. The van der Waals surface area contributed by atoms with Gasteiger partial charge in [0.25, 0.3) is 0 Å². The molecule has 0 amide bonds. The molecule has 0 unspecified atom stereocenters. The van der Waals surface area contributed by atoms with Gasteiger partial charge in [-0.05, 0) is 47.9 Å². The Hall–Kier alpha value is -2.49. The predicted molar refractivity (Wildman–Crippen MR) is 79.2 cm³/mol. The molecule has 3 nitrogen and oxygen atoms in total. The summed E-state index contributed by atoms with van der Waals surface area (Å²) < 4.78 is 24.4. The van der Waals surface area contributed by atoms with E-state index in [-0.39, 0.29) is 5.75 Å². The zero-order chi connectivity index (χ0) is 14.8. The fraction of sp³-hybridized carbons (Fsp3) is 0.176. The number of aromatic hydroxyl groups is 1. The first-order valence-corrected chi connectivity index (χ1v) is 6.70. The Bertz CT molecular complexity index is 684. The van der Waals surface area contributed by atoms with Crippen molar-refractivity contribution in [2.24, 2.45) is 0 Å². The summed E-state index contributed by atoms with van der Waals surface area (Å²) in [5, 5.41) is 9.42. The number of phenols is 1. The summed E-state index contributed by atoms with van der Waals surface area (Å²) in [6.45, 7) is 2.77. The van der Waals surface area contributed by atoms with Crippen molar-refractivity contribution in [1.29, 1.82) is 0 Å². The summed E-state index contributed by atoms with van der Waals surface area (Å²) in [6.07, 6.45) is 3.66. The molecule has 2 aromatic carbocycles. The quantitative estimate of drug-likeness (QED) is 0.854. The van der Waals surface area contributed by atoms with Crippen molar-refractivity contribution in [2.75, 3.05) is 13.2 Å². The molecule has 3 rings (SSSR count). The van der Waals surface area contributed by atoms with E-state index in [0.717, 1.165) is 17.1 Å². The van der Waals surface area contributed by atoms with E-state index in [1.165, 1.54) is 6.07 Å². The lowest BCUT2D eigenvalue weighted by molar-refractivity contribution is 0.171. The van der Waals surface area contributed by atoms with E-state index >= 15 is 0 Å². The van der Waals surface area contributed by atoms with Crippen molar-refractivity contribution in [2.45, 2.75) is 6.92 Å². The van der Waals surface area contributed by atoms with E-state index in [4.69, 9.17) is 9.47 Å². The van der Waals surface area contributed by atoms with Gasteiger partial charge in [0.15, 0.2) is 23.1 Å². The van der Waals surface area contributed by atoms with Gasteiger partial charge in [-0.3, -0.25) is 0 Å². The Morgan fingerprint density at radius 3 is 2.48 bits per heavy atom. The van der Waals surface area contributed by atoms with Gasteiger partial charge in [0.1, 0.15) is 13.2 Å². The van der Waals surface area contributed by atoms with Crippen LogP contribution in [0.25, 0.3) is 12.2 Å². The second-order valence-corrected chi connectivity index (χ2v) is 4.90. The molecule has 1 heterocycles. The molecule has 0 aliphatic carbocycles. The van der Waals surface area contributed by atoms with E-state index in [0.29, 0.717) is 24.3 Å². The minimum absolute atomic E-state index is 0.300. The van der Waals surface area contributed by atoms with E-state index < -0.39 is 5.82 Å². The average Bonchev–Trinajstić information content (AvgIpc) is 2.50. The molecular weight excluding hydrogens is 271 g/mol. The van der Waals surface area contributed by atoms with E-state index in [1.54, 1.807) is 19.1 Å². The van der Waals surface area contributed by atoms with Crippen LogP contribution in [0.1, 0.15) is 16.7 Å². The number of hydrogen-bond donors (Lipinski definition) is 1. The Balaban J connectivity index is 1.86. The molecule has 4 heteroatoms. The van der Waals surface area contributed by atoms with Crippen molar-refractivity contribution < 1.29 is 19.0 Å². The summed E-state index contributed by atoms with van der Waals surface area (Å²) in [5.41, 5.74) is 2.14. The molecule has 0 saturated heterocycles. The molecule has 0 fully saturated rings. The van der Waals surface area contributed by atoms with E-state index in [2.05, 4.69) is 0 Å². The van der Waals surface area contributed by atoms with Gasteiger partial charge in [-0.1, -0.05) is 18.2 Å². The standard InChI is InChI=1S/C17H15FO3/c1-11-8-13(9-14(18)17(11)19)3-2-12-4-5-15-16(10-12)21-7-6-20-15/h2-5,8-10,19H,6-7H2,1H3/b3-2+. The minimum Gasteiger partial charge on any atom is -0.505 e. The molecule has 21 heavy (non-hydrogen) atoms. The van der Waals surface area contributed by atoms with Crippen LogP contribution in [0.3, 0.4) is 0 Å². The summed E-state index contributed by atoms with van der Waals surface area (Å²) in [6, 6.07) is 8.68. The van der Waals surface area contributed by atoms with Gasteiger partial charge < -0.3 is 14.6 Å². The lowest BCUT2D eigenvalue weighted by Gasteiger charge is -2.18. The molecule has 1 N–H and O–H groups in total. The normalized spacial score (nSPS) is 13.6. The molecule has 0 atom stereocenters. The van der Waals surface area contributed by atoms with E-state index in [1.807, 2.05) is 24.3 Å². The molecular formula is C17H15FO3. The Morgan fingerprint density at radius 2 is 1.71 bits per heavy atom. The van der Waals surface area contributed by atoms with Gasteiger partial charge >= 0.3 is 0 Å². The zero-order valence-corrected chi connectivity index (χ0v) is 11.6. The number of aryl methyl sites for hydroxylation is 1. The molecule has 0 spiro atoms. The van der Waals surface area contributed by atoms with Crippen LogP contribution in [0.15, 0.2) is 30.3 Å². The number of ether oxygens (including phenoxy) is 2. The van der Waals surface area contributed by atoms with Crippen molar-refractivity contribution >= 4 is 12.2 Å². The smallest absolute Gasteiger partial charge is 0.165 e. The predicted octanol–water partition coefficient (Wildman–Crippen LogP) is 3.78. The maximum absolute atomic E-state index is 13.5. The largest absolute Gasteiger partial charge is 0.505 e. The van der Waals surface area contributed by atoms with Crippen molar-refractivity contribution in [3.63, 3.8) is 0 Å². The second kappa shape index (κ2) is 5.48. The molecule has 0 saturated carbocycles. The third kappa shape index (κ3) is 2.84. The van der Waals surface area contributed by atoms with Gasteiger partial charge in [-0.2, -0.15) is 0 Å². The number of rotatable bonds is 2. The first kappa shape index (κ1) is 13.5. The van der Waals surface area contributed by atoms with E-state index in [9.17, 15) is 9.50 Å². The van der Waals surface area contributed by atoms with Crippen LogP contribution in [-0.4, -0.2) is 18.3 Å². The third-order valence-electron chi connectivity index (χ3n) is 3.31. The maximum Gasteiger partial charge on any atom is 0.165 e. The molecule has 2 aromatic rings. The number of fused-ring (bicyclic) bond motifs is 1. The summed E-state index contributed by atoms with van der Waals surface area (Å²) in [5.74, 6) is 0.546. The highest BCUT2D eigenvalue weighted by atomic mass is 19.1. The zero-order valence-electron chi connectivity index (χ0n) is 11.6. The second-order valence-electron chi connectivity index (χ2n) is 4.90. The van der Waals surface area contributed by atoms with Crippen LogP contribution in [0.4, 0.5) is 4.39 Å². The summed E-state index contributed by atoms with van der Waals surface area (Å²) in [7, 11) is 0. The van der Waals surface area contributed by atoms with Crippen LogP contribution >= 0.6 is 0 Å². The SMILES string of the molecule is Cc1cc(/C=C/c2ccc3c(c2)OCCO3)cc(F)c1O. The number of halogens is 1. The fourth-order valence-electron chi connectivity index (χ4n) is 2.22. The highest BCUT2D eigenvalue weighted by molar-refractivity contribution is 5.71. The average molecular weight is 286 g/mol. The lowest BCUT2D eigenvalue weighted by Crippen LogP contribution is -2.15. The van der Waals surface area contributed by atoms with Crippen LogP contribution in [0.5, 0.6) is 17.2 Å². The van der Waals surface area contributed by atoms with Crippen LogP contribution in [0.2, 0.25) is 0 Å². The van der Waals surface area contributed by atoms with Crippen molar-refractivity contribution in [3.05, 3.63) is 52.8 Å². The van der Waals surface area contributed by atoms with Gasteiger partial charge in [0, 0.05) is 0 Å². The molecule has 0 bridgehead atoms. The molecule has 0 radical (unpaired) electrons. The van der Waals surface area contributed by atoms with Gasteiger partial charge in [-0.25, -0.2) is 4.39 Å². The van der Waals surface area contributed by atoms with Crippen LogP contribution in [0, 0.1) is 12.7 Å². The summed E-state index contributed by atoms with van der Waals surface area (Å²) >= 11 is 0. The Morgan fingerprint density at radius 1 is 1.00 bits per heavy atom. The lowest BCUT2D eigenvalue weighted by atomic mass is 10.1. The van der Waals surface area contributed by atoms with Crippen molar-refractivity contribution in [1.82, 2.24) is 0 Å². The first-order valence-electron chi connectivity index (χ1n) is 6.70. The number of phenolic OH excluding ortho intramolecular Hbond substituents is 1. The highest BCUT2D eigenvalue weighted by Crippen LogP contribution is 2.31. The van der Waals surface area contributed by atoms with Gasteiger partial charge in [0.2, 0.25) is 0 Å². The molecule has 1 aliphatic heterocycles. The first-order chi connectivity index (χ1) is 10.1. The summed E-state index contributed by atoms with van der Waals surface area (Å²) in [4.78, 5) is 0. The number of benzene rings is 2. The minimum atomic E-state index is -0.614. The van der Waals surface area contributed by atoms with Crippen LogP contribution < -0.4 is 9.47 Å². The molecule has 1 aliphatic rings. The monoisotopic (exact) mass is 286 g/mol. The Kier molecular flexibility index (Phi) is 3.52. The van der Waals surface area contributed by atoms with Gasteiger partial charge in [0.05, 0.1) is 0 Å².